The summed E-state index contributed by atoms with van der Waals surface area (Å²) < 4.78 is 4.64. The van der Waals surface area contributed by atoms with Crippen molar-refractivity contribution in [3.05, 3.63) is 41.0 Å². The van der Waals surface area contributed by atoms with E-state index >= 15 is 0 Å². The van der Waals surface area contributed by atoms with Gasteiger partial charge in [-0.3, -0.25) is 4.79 Å². The molecule has 1 amide bonds. The maximum atomic E-state index is 11.4. The molecule has 0 saturated heterocycles. The first-order valence-electron chi connectivity index (χ1n) is 4.71. The van der Waals surface area contributed by atoms with Crippen LogP contribution in [0.3, 0.4) is 0 Å². The third-order valence-corrected chi connectivity index (χ3v) is 2.21. The summed E-state index contributed by atoms with van der Waals surface area (Å²) in [6, 6.07) is 5.18. The molecule has 4 nitrogen and oxygen atoms in total. The van der Waals surface area contributed by atoms with Gasteiger partial charge >= 0.3 is 5.97 Å². The largest absolute Gasteiger partial charge is 0.465 e. The number of esters is 1. The zero-order valence-corrected chi connectivity index (χ0v) is 9.19. The first-order chi connectivity index (χ1) is 7.56. The van der Waals surface area contributed by atoms with E-state index < -0.39 is 11.9 Å². The van der Waals surface area contributed by atoms with Gasteiger partial charge in [-0.2, -0.15) is 0 Å². The summed E-state index contributed by atoms with van der Waals surface area (Å²) in [6.45, 7) is 1.78. The summed E-state index contributed by atoms with van der Waals surface area (Å²) in [7, 11) is 1.33. The molecule has 0 unspecified atom stereocenters. The zero-order chi connectivity index (χ0) is 12.1. The van der Waals surface area contributed by atoms with Crippen LogP contribution in [0.1, 0.15) is 21.5 Å². The minimum atomic E-state index is -0.525. The van der Waals surface area contributed by atoms with Gasteiger partial charge in [0.2, 0.25) is 5.91 Å². The van der Waals surface area contributed by atoms with Crippen molar-refractivity contribution in [2.75, 3.05) is 7.11 Å². The summed E-state index contributed by atoms with van der Waals surface area (Å²) in [5.74, 6) is -0.922. The second-order valence-electron chi connectivity index (χ2n) is 3.25. The fourth-order valence-electron chi connectivity index (χ4n) is 1.34. The van der Waals surface area contributed by atoms with Crippen LogP contribution in [0.4, 0.5) is 0 Å². The monoisotopic (exact) mass is 219 g/mol. The van der Waals surface area contributed by atoms with Gasteiger partial charge in [0.05, 0.1) is 12.7 Å². The first-order valence-corrected chi connectivity index (χ1v) is 4.71. The molecule has 0 aliphatic rings. The lowest BCUT2D eigenvalue weighted by Gasteiger charge is -2.06. The predicted octanol–water partition coefficient (Wildman–Crippen LogP) is 1.28. The molecule has 0 atom stereocenters. The molecule has 0 aliphatic heterocycles. The van der Waals surface area contributed by atoms with Crippen molar-refractivity contribution in [2.24, 2.45) is 5.73 Å². The van der Waals surface area contributed by atoms with Crippen LogP contribution in [0.25, 0.3) is 6.08 Å². The van der Waals surface area contributed by atoms with Crippen LogP contribution in [0, 0.1) is 6.92 Å². The second-order valence-corrected chi connectivity index (χ2v) is 3.25. The normalized spacial score (nSPS) is 10.4. The lowest BCUT2D eigenvalue weighted by Crippen LogP contribution is -2.06. The van der Waals surface area contributed by atoms with E-state index in [2.05, 4.69) is 4.74 Å². The van der Waals surface area contributed by atoms with Crippen LogP contribution in [0.15, 0.2) is 24.3 Å². The summed E-state index contributed by atoms with van der Waals surface area (Å²) in [5.41, 5.74) is 7.00. The van der Waals surface area contributed by atoms with Gasteiger partial charge in [0.25, 0.3) is 0 Å². The van der Waals surface area contributed by atoms with Crippen LogP contribution in [-0.4, -0.2) is 19.0 Å². The van der Waals surface area contributed by atoms with E-state index in [9.17, 15) is 9.59 Å². The molecule has 0 bridgehead atoms. The van der Waals surface area contributed by atoms with Gasteiger partial charge in [-0.25, -0.2) is 4.79 Å². The molecular weight excluding hydrogens is 206 g/mol. The van der Waals surface area contributed by atoms with E-state index in [1.807, 2.05) is 0 Å². The van der Waals surface area contributed by atoms with Gasteiger partial charge in [-0.15, -0.1) is 0 Å². The standard InChI is InChI=1S/C12H13NO3/c1-8-9(6-7-11(13)14)4-3-5-10(8)12(15)16-2/h3-7H,1-2H3,(H2,13,14). The zero-order valence-electron chi connectivity index (χ0n) is 9.19. The Morgan fingerprint density at radius 2 is 2.06 bits per heavy atom. The topological polar surface area (TPSA) is 69.4 Å². The van der Waals surface area contributed by atoms with Gasteiger partial charge in [-0.1, -0.05) is 12.1 Å². The minimum absolute atomic E-state index is 0.396. The van der Waals surface area contributed by atoms with Gasteiger partial charge in [-0.05, 0) is 30.2 Å². The van der Waals surface area contributed by atoms with E-state index in [0.29, 0.717) is 5.56 Å². The van der Waals surface area contributed by atoms with Crippen LogP contribution in [0.2, 0.25) is 0 Å². The number of benzene rings is 1. The number of ether oxygens (including phenoxy) is 1. The molecule has 1 aromatic rings. The van der Waals surface area contributed by atoms with Crippen molar-refractivity contribution in [3.8, 4) is 0 Å². The van der Waals surface area contributed by atoms with E-state index in [4.69, 9.17) is 5.73 Å². The SMILES string of the molecule is COC(=O)c1cccc(C=CC(N)=O)c1C. The number of primary amides is 1. The third kappa shape index (κ3) is 2.70. The highest BCUT2D eigenvalue weighted by Crippen LogP contribution is 2.16. The number of rotatable bonds is 3. The highest BCUT2D eigenvalue weighted by atomic mass is 16.5. The second kappa shape index (κ2) is 5.11. The highest BCUT2D eigenvalue weighted by molar-refractivity contribution is 5.94. The van der Waals surface area contributed by atoms with Crippen LogP contribution in [0.5, 0.6) is 0 Å². The molecule has 0 fully saturated rings. The molecule has 16 heavy (non-hydrogen) atoms. The van der Waals surface area contributed by atoms with Crippen molar-refractivity contribution < 1.29 is 14.3 Å². The molecule has 0 aliphatic carbocycles. The lowest BCUT2D eigenvalue weighted by molar-refractivity contribution is -0.113. The maximum Gasteiger partial charge on any atom is 0.338 e. The van der Waals surface area contributed by atoms with E-state index in [1.165, 1.54) is 13.2 Å². The number of nitrogens with two attached hydrogens (primary N) is 1. The molecule has 84 valence electrons. The Labute approximate surface area is 93.7 Å². The summed E-state index contributed by atoms with van der Waals surface area (Å²) in [6.07, 6.45) is 2.83. The number of hydrogen-bond acceptors (Lipinski definition) is 3. The molecule has 0 radical (unpaired) electrons. The first kappa shape index (κ1) is 12.0. The molecule has 0 spiro atoms. The number of hydrogen-bond donors (Lipinski definition) is 1. The van der Waals surface area contributed by atoms with Crippen LogP contribution >= 0.6 is 0 Å². The maximum absolute atomic E-state index is 11.4. The fourth-order valence-corrected chi connectivity index (χ4v) is 1.34. The van der Waals surface area contributed by atoms with Crippen LogP contribution < -0.4 is 5.73 Å². The lowest BCUT2D eigenvalue weighted by atomic mass is 10.0. The Balaban J connectivity index is 3.13. The molecule has 2 N–H and O–H groups in total. The van der Waals surface area contributed by atoms with Gasteiger partial charge < -0.3 is 10.5 Å². The number of carbonyl (C=O) groups excluding carboxylic acids is 2. The summed E-state index contributed by atoms with van der Waals surface area (Å²) >= 11 is 0. The highest BCUT2D eigenvalue weighted by Gasteiger charge is 2.10. The smallest absolute Gasteiger partial charge is 0.338 e. The summed E-state index contributed by atoms with van der Waals surface area (Å²) in [5, 5.41) is 0. The van der Waals surface area contributed by atoms with E-state index in [-0.39, 0.29) is 0 Å². The van der Waals surface area contributed by atoms with Crippen molar-refractivity contribution in [1.29, 1.82) is 0 Å². The number of methoxy groups -OCH3 is 1. The number of amides is 1. The third-order valence-electron chi connectivity index (χ3n) is 2.21. The Bertz CT molecular complexity index is 450. The van der Waals surface area contributed by atoms with Crippen molar-refractivity contribution in [2.45, 2.75) is 6.92 Å². The molecule has 1 rings (SSSR count). The van der Waals surface area contributed by atoms with Crippen LogP contribution in [-0.2, 0) is 9.53 Å². The molecule has 0 aromatic heterocycles. The van der Waals surface area contributed by atoms with Gasteiger partial charge in [0.15, 0.2) is 0 Å². The average Bonchev–Trinajstić information content (AvgIpc) is 2.26. The van der Waals surface area contributed by atoms with Gasteiger partial charge in [0, 0.05) is 6.08 Å². The minimum Gasteiger partial charge on any atom is -0.465 e. The average molecular weight is 219 g/mol. The Morgan fingerprint density at radius 3 is 2.62 bits per heavy atom. The van der Waals surface area contributed by atoms with Crippen molar-refractivity contribution >= 4 is 18.0 Å². The number of carbonyl (C=O) groups is 2. The Morgan fingerprint density at radius 1 is 1.38 bits per heavy atom. The van der Waals surface area contributed by atoms with E-state index in [1.54, 1.807) is 31.2 Å². The summed E-state index contributed by atoms with van der Waals surface area (Å²) in [4.78, 5) is 22.0. The fraction of sp³-hybridized carbons (Fsp3) is 0.167. The molecule has 0 heterocycles. The molecule has 4 heteroatoms. The molecule has 0 saturated carbocycles. The van der Waals surface area contributed by atoms with Crippen molar-refractivity contribution in [3.63, 3.8) is 0 Å². The molecule has 1 aromatic carbocycles. The van der Waals surface area contributed by atoms with Gasteiger partial charge in [0.1, 0.15) is 0 Å². The Kier molecular flexibility index (Phi) is 3.83. The van der Waals surface area contributed by atoms with Crippen molar-refractivity contribution in [1.82, 2.24) is 0 Å². The molecular formula is C12H13NO3. The Hall–Kier alpha value is -2.10. The predicted molar refractivity (Wildman–Crippen MR) is 60.7 cm³/mol. The quantitative estimate of drug-likeness (QED) is 0.615. The van der Waals surface area contributed by atoms with E-state index in [0.717, 1.165) is 11.1 Å².